The van der Waals surface area contributed by atoms with Crippen LogP contribution in [0.5, 0.6) is 11.6 Å². The third-order valence-electron chi connectivity index (χ3n) is 4.84. The lowest BCUT2D eigenvalue weighted by molar-refractivity contribution is 0.0234. The van der Waals surface area contributed by atoms with E-state index in [1.807, 2.05) is 25.1 Å². The second kappa shape index (κ2) is 7.74. The maximum atomic E-state index is 12.9. The SMILES string of the molecule is COc1ccc([C@H](NC(=O)c2ccc(C)cc2OC)C2CC(O)C2)cn1. The summed E-state index contributed by atoms with van der Waals surface area (Å²) in [7, 11) is 3.12. The van der Waals surface area contributed by atoms with E-state index in [9.17, 15) is 9.90 Å². The highest BCUT2D eigenvalue weighted by Crippen LogP contribution is 2.38. The molecule has 1 heterocycles. The first-order valence-corrected chi connectivity index (χ1v) is 8.65. The van der Waals surface area contributed by atoms with Gasteiger partial charge in [0.1, 0.15) is 5.75 Å². The van der Waals surface area contributed by atoms with Crippen molar-refractivity contribution in [3.63, 3.8) is 0 Å². The van der Waals surface area contributed by atoms with E-state index in [0.29, 0.717) is 30.0 Å². The van der Waals surface area contributed by atoms with Crippen molar-refractivity contribution in [2.24, 2.45) is 5.92 Å². The largest absolute Gasteiger partial charge is 0.496 e. The second-order valence-corrected chi connectivity index (χ2v) is 6.67. The third-order valence-corrected chi connectivity index (χ3v) is 4.84. The van der Waals surface area contributed by atoms with Crippen LogP contribution in [0.4, 0.5) is 0 Å². The van der Waals surface area contributed by atoms with Crippen molar-refractivity contribution in [3.05, 3.63) is 53.2 Å². The number of rotatable bonds is 6. The van der Waals surface area contributed by atoms with Crippen LogP contribution < -0.4 is 14.8 Å². The molecule has 6 nitrogen and oxygen atoms in total. The Bertz CT molecular complexity index is 770. The van der Waals surface area contributed by atoms with Crippen LogP contribution in [0.3, 0.4) is 0 Å². The Hall–Kier alpha value is -2.60. The Morgan fingerprint density at radius 3 is 2.58 bits per heavy atom. The fourth-order valence-electron chi connectivity index (χ4n) is 3.28. The molecule has 0 bridgehead atoms. The molecule has 0 unspecified atom stereocenters. The van der Waals surface area contributed by atoms with Gasteiger partial charge in [-0.05, 0) is 48.9 Å². The molecule has 1 aromatic heterocycles. The highest BCUT2D eigenvalue weighted by atomic mass is 16.5. The van der Waals surface area contributed by atoms with E-state index in [1.54, 1.807) is 32.5 Å². The zero-order valence-corrected chi connectivity index (χ0v) is 15.2. The van der Waals surface area contributed by atoms with E-state index in [0.717, 1.165) is 11.1 Å². The predicted molar refractivity (Wildman–Crippen MR) is 97.5 cm³/mol. The summed E-state index contributed by atoms with van der Waals surface area (Å²) in [5.41, 5.74) is 2.41. The molecule has 0 aliphatic heterocycles. The van der Waals surface area contributed by atoms with Gasteiger partial charge in [0, 0.05) is 12.3 Å². The molecule has 1 fully saturated rings. The zero-order chi connectivity index (χ0) is 18.7. The number of amides is 1. The number of methoxy groups -OCH3 is 2. The van der Waals surface area contributed by atoms with Gasteiger partial charge >= 0.3 is 0 Å². The minimum Gasteiger partial charge on any atom is -0.496 e. The molecule has 26 heavy (non-hydrogen) atoms. The minimum absolute atomic E-state index is 0.167. The number of aliphatic hydroxyl groups is 1. The quantitative estimate of drug-likeness (QED) is 0.832. The van der Waals surface area contributed by atoms with E-state index in [-0.39, 0.29) is 24.0 Å². The number of aliphatic hydroxyl groups excluding tert-OH is 1. The molecular weight excluding hydrogens is 332 g/mol. The zero-order valence-electron chi connectivity index (χ0n) is 15.2. The standard InChI is InChI=1S/C20H24N2O4/c1-12-4-6-16(17(8-12)25-2)20(24)22-19(14-9-15(23)10-14)13-5-7-18(26-3)21-11-13/h4-8,11,14-15,19,23H,9-10H2,1-3H3,(H,22,24)/t14?,15?,19-/m0/s1. The van der Waals surface area contributed by atoms with Crippen LogP contribution in [-0.2, 0) is 0 Å². The van der Waals surface area contributed by atoms with Gasteiger partial charge in [0.05, 0.1) is 31.9 Å². The number of aromatic nitrogens is 1. The first-order valence-electron chi connectivity index (χ1n) is 8.65. The number of nitrogens with zero attached hydrogens (tertiary/aromatic N) is 1. The van der Waals surface area contributed by atoms with Gasteiger partial charge in [-0.2, -0.15) is 0 Å². The number of benzene rings is 1. The number of hydrogen-bond donors (Lipinski definition) is 2. The van der Waals surface area contributed by atoms with Crippen molar-refractivity contribution in [1.29, 1.82) is 0 Å². The van der Waals surface area contributed by atoms with Crippen molar-refractivity contribution < 1.29 is 19.4 Å². The van der Waals surface area contributed by atoms with Crippen LogP contribution in [0, 0.1) is 12.8 Å². The van der Waals surface area contributed by atoms with Crippen LogP contribution >= 0.6 is 0 Å². The molecule has 6 heteroatoms. The van der Waals surface area contributed by atoms with Crippen LogP contribution in [0.2, 0.25) is 0 Å². The average molecular weight is 356 g/mol. The average Bonchev–Trinajstić information content (AvgIpc) is 2.63. The van der Waals surface area contributed by atoms with Gasteiger partial charge in [-0.1, -0.05) is 12.1 Å². The Morgan fingerprint density at radius 1 is 1.23 bits per heavy atom. The van der Waals surface area contributed by atoms with Crippen molar-refractivity contribution in [3.8, 4) is 11.6 Å². The number of nitrogens with one attached hydrogen (secondary N) is 1. The Kier molecular flexibility index (Phi) is 5.42. The van der Waals surface area contributed by atoms with Gasteiger partial charge < -0.3 is 19.9 Å². The molecule has 1 atom stereocenters. The molecular formula is C20H24N2O4. The molecule has 0 saturated heterocycles. The summed E-state index contributed by atoms with van der Waals surface area (Å²) in [5.74, 6) is 1.03. The van der Waals surface area contributed by atoms with Crippen LogP contribution in [-0.4, -0.2) is 36.3 Å². The summed E-state index contributed by atoms with van der Waals surface area (Å²) in [4.78, 5) is 17.1. The van der Waals surface area contributed by atoms with Gasteiger partial charge in [0.2, 0.25) is 5.88 Å². The van der Waals surface area contributed by atoms with Crippen molar-refractivity contribution in [2.45, 2.75) is 31.9 Å². The fraction of sp³-hybridized carbons (Fsp3) is 0.400. The van der Waals surface area contributed by atoms with Crippen LogP contribution in [0.15, 0.2) is 36.5 Å². The molecule has 1 saturated carbocycles. The van der Waals surface area contributed by atoms with Gasteiger partial charge in [0.15, 0.2) is 0 Å². The lowest BCUT2D eigenvalue weighted by atomic mass is 9.75. The number of carbonyl (C=O) groups excluding carboxylic acids is 1. The Balaban J connectivity index is 1.84. The summed E-state index contributed by atoms with van der Waals surface area (Å²) < 4.78 is 10.5. The number of aryl methyl sites for hydroxylation is 1. The fourth-order valence-corrected chi connectivity index (χ4v) is 3.28. The maximum absolute atomic E-state index is 12.9. The number of hydrogen-bond acceptors (Lipinski definition) is 5. The summed E-state index contributed by atoms with van der Waals surface area (Å²) in [5, 5.41) is 12.8. The minimum atomic E-state index is -0.306. The molecule has 0 spiro atoms. The lowest BCUT2D eigenvalue weighted by Crippen LogP contribution is -2.41. The topological polar surface area (TPSA) is 80.7 Å². The number of ether oxygens (including phenoxy) is 2. The number of pyridine rings is 1. The lowest BCUT2D eigenvalue weighted by Gasteiger charge is -2.38. The molecule has 1 amide bonds. The molecule has 2 aromatic rings. The van der Waals surface area contributed by atoms with Gasteiger partial charge in [-0.15, -0.1) is 0 Å². The first-order chi connectivity index (χ1) is 12.5. The van der Waals surface area contributed by atoms with E-state index >= 15 is 0 Å². The summed E-state index contributed by atoms with van der Waals surface area (Å²) in [6.07, 6.45) is 2.71. The van der Waals surface area contributed by atoms with Crippen LogP contribution in [0.1, 0.15) is 40.4 Å². The monoisotopic (exact) mass is 356 g/mol. The highest BCUT2D eigenvalue weighted by molar-refractivity contribution is 5.97. The highest BCUT2D eigenvalue weighted by Gasteiger charge is 2.36. The summed E-state index contributed by atoms with van der Waals surface area (Å²) in [6, 6.07) is 8.93. The van der Waals surface area contributed by atoms with Crippen molar-refractivity contribution in [1.82, 2.24) is 10.3 Å². The molecule has 1 aromatic carbocycles. The van der Waals surface area contributed by atoms with E-state index < -0.39 is 0 Å². The van der Waals surface area contributed by atoms with Crippen molar-refractivity contribution >= 4 is 5.91 Å². The second-order valence-electron chi connectivity index (χ2n) is 6.67. The number of carbonyl (C=O) groups is 1. The molecule has 3 rings (SSSR count). The van der Waals surface area contributed by atoms with E-state index in [4.69, 9.17) is 9.47 Å². The van der Waals surface area contributed by atoms with Crippen LogP contribution in [0.25, 0.3) is 0 Å². The van der Waals surface area contributed by atoms with Gasteiger partial charge in [-0.3, -0.25) is 4.79 Å². The van der Waals surface area contributed by atoms with Gasteiger partial charge in [0.25, 0.3) is 5.91 Å². The van der Waals surface area contributed by atoms with Gasteiger partial charge in [-0.25, -0.2) is 4.98 Å². The Morgan fingerprint density at radius 2 is 2.00 bits per heavy atom. The molecule has 138 valence electrons. The summed E-state index contributed by atoms with van der Waals surface area (Å²) >= 11 is 0. The maximum Gasteiger partial charge on any atom is 0.255 e. The molecule has 2 N–H and O–H groups in total. The molecule has 1 aliphatic carbocycles. The predicted octanol–water partition coefficient (Wildman–Crippen LogP) is 2.65. The van der Waals surface area contributed by atoms with E-state index in [1.165, 1.54) is 0 Å². The third kappa shape index (κ3) is 3.80. The summed E-state index contributed by atoms with van der Waals surface area (Å²) in [6.45, 7) is 1.95. The van der Waals surface area contributed by atoms with E-state index in [2.05, 4.69) is 10.3 Å². The first kappa shape index (κ1) is 18.2. The molecule has 1 aliphatic rings. The molecule has 0 radical (unpaired) electrons. The smallest absolute Gasteiger partial charge is 0.255 e. The normalized spacial score (nSPS) is 20.0. The van der Waals surface area contributed by atoms with Crippen molar-refractivity contribution in [2.75, 3.05) is 14.2 Å². The Labute approximate surface area is 153 Å².